The van der Waals surface area contributed by atoms with Gasteiger partial charge in [-0.15, -0.1) is 0 Å². The lowest BCUT2D eigenvalue weighted by molar-refractivity contribution is -0.118. The monoisotopic (exact) mass is 262 g/mol. The van der Waals surface area contributed by atoms with Crippen LogP contribution >= 0.6 is 11.8 Å². The number of carbonyl (C=O) groups excluding carboxylic acids is 2. The summed E-state index contributed by atoms with van der Waals surface area (Å²) >= 11 is 1.43. The molecule has 1 atom stereocenters. The van der Waals surface area contributed by atoms with E-state index < -0.39 is 0 Å². The minimum absolute atomic E-state index is 0.00368. The number of rotatable bonds is 3. The molecule has 2 rings (SSSR count). The van der Waals surface area contributed by atoms with Crippen molar-refractivity contribution in [3.8, 4) is 0 Å². The molecule has 1 fully saturated rings. The number of nitrogens with zero attached hydrogens (tertiary/aromatic N) is 1. The van der Waals surface area contributed by atoms with Crippen molar-refractivity contribution in [2.45, 2.75) is 25.5 Å². The minimum atomic E-state index is -0.0558. The van der Waals surface area contributed by atoms with Crippen LogP contribution in [0, 0.1) is 0 Å². The van der Waals surface area contributed by atoms with Gasteiger partial charge in [-0.1, -0.05) is 30.8 Å². The first-order valence-electron chi connectivity index (χ1n) is 5.77. The minimum Gasteiger partial charge on any atom is -0.304 e. The number of nitrogens with one attached hydrogen (secondary N) is 1. The molecule has 0 aromatic heterocycles. The number of amidine groups is 1. The molecule has 0 spiro atoms. The van der Waals surface area contributed by atoms with Gasteiger partial charge >= 0.3 is 0 Å². The van der Waals surface area contributed by atoms with Gasteiger partial charge in [0.05, 0.1) is 10.9 Å². The number of aliphatic imine (C=N–C) groups is 1. The molecule has 1 N–H and O–H groups in total. The van der Waals surface area contributed by atoms with E-state index in [0.29, 0.717) is 16.4 Å². The maximum absolute atomic E-state index is 11.5. The van der Waals surface area contributed by atoms with Gasteiger partial charge in [-0.2, -0.15) is 0 Å². The van der Waals surface area contributed by atoms with Gasteiger partial charge in [-0.05, 0) is 25.5 Å². The van der Waals surface area contributed by atoms with Crippen LogP contribution in [0.3, 0.4) is 0 Å². The molecule has 4 nitrogen and oxygen atoms in total. The Labute approximate surface area is 110 Å². The van der Waals surface area contributed by atoms with E-state index in [2.05, 4.69) is 10.3 Å². The SMILES string of the molecule is CCC1SC(=Nc2cccc(C(C)=O)c2)NC1=O. The van der Waals surface area contributed by atoms with E-state index in [1.165, 1.54) is 18.7 Å². The zero-order valence-electron chi connectivity index (χ0n) is 10.3. The van der Waals surface area contributed by atoms with Crippen molar-refractivity contribution < 1.29 is 9.59 Å². The third-order valence-electron chi connectivity index (χ3n) is 2.63. The van der Waals surface area contributed by atoms with E-state index in [1.807, 2.05) is 13.0 Å². The average molecular weight is 262 g/mol. The molecular formula is C13H14N2O2S. The summed E-state index contributed by atoms with van der Waals surface area (Å²) in [4.78, 5) is 27.1. The van der Waals surface area contributed by atoms with Crippen LogP contribution < -0.4 is 5.32 Å². The van der Waals surface area contributed by atoms with E-state index in [0.717, 1.165) is 6.42 Å². The van der Waals surface area contributed by atoms with Gasteiger partial charge in [0.2, 0.25) is 5.91 Å². The number of carbonyl (C=O) groups is 2. The van der Waals surface area contributed by atoms with Gasteiger partial charge in [-0.3, -0.25) is 9.59 Å². The molecule has 94 valence electrons. The van der Waals surface area contributed by atoms with Gasteiger partial charge in [0.15, 0.2) is 11.0 Å². The van der Waals surface area contributed by atoms with Gasteiger partial charge in [0.25, 0.3) is 0 Å². The molecule has 1 unspecified atom stereocenters. The Morgan fingerprint density at radius 3 is 2.89 bits per heavy atom. The Balaban J connectivity index is 2.21. The van der Waals surface area contributed by atoms with Crippen LogP contribution in [0.5, 0.6) is 0 Å². The summed E-state index contributed by atoms with van der Waals surface area (Å²) in [7, 11) is 0. The molecule has 5 heteroatoms. The highest BCUT2D eigenvalue weighted by Gasteiger charge is 2.28. The van der Waals surface area contributed by atoms with E-state index in [4.69, 9.17) is 0 Å². The molecule has 1 amide bonds. The van der Waals surface area contributed by atoms with Gasteiger partial charge in [0, 0.05) is 5.56 Å². The lowest BCUT2D eigenvalue weighted by Gasteiger charge is -1.99. The Kier molecular flexibility index (Phi) is 3.81. The van der Waals surface area contributed by atoms with Gasteiger partial charge in [0.1, 0.15) is 0 Å². The smallest absolute Gasteiger partial charge is 0.239 e. The van der Waals surface area contributed by atoms with Crippen LogP contribution in [0.1, 0.15) is 30.6 Å². The molecule has 1 aromatic carbocycles. The first-order chi connectivity index (χ1) is 8.60. The van der Waals surface area contributed by atoms with E-state index >= 15 is 0 Å². The second kappa shape index (κ2) is 5.35. The number of benzene rings is 1. The molecule has 1 heterocycles. The van der Waals surface area contributed by atoms with E-state index in [1.54, 1.807) is 18.2 Å². The van der Waals surface area contributed by atoms with Crippen LogP contribution in [0.2, 0.25) is 0 Å². The summed E-state index contributed by atoms with van der Waals surface area (Å²) in [6, 6.07) is 7.07. The quantitative estimate of drug-likeness (QED) is 0.851. The third-order valence-corrected chi connectivity index (χ3v) is 3.88. The van der Waals surface area contributed by atoms with E-state index in [-0.39, 0.29) is 16.9 Å². The molecule has 1 aliphatic heterocycles. The van der Waals surface area contributed by atoms with Crippen LogP contribution in [-0.2, 0) is 4.79 Å². The van der Waals surface area contributed by atoms with Crippen molar-refractivity contribution in [1.82, 2.24) is 5.32 Å². The standard InChI is InChI=1S/C13H14N2O2S/c1-3-11-12(17)15-13(18-11)14-10-6-4-5-9(7-10)8(2)16/h4-7,11H,3H2,1-2H3,(H,14,15,17). The predicted octanol–water partition coefficient (Wildman–Crippen LogP) is 2.52. The highest BCUT2D eigenvalue weighted by molar-refractivity contribution is 8.15. The van der Waals surface area contributed by atoms with Crippen molar-refractivity contribution in [3.63, 3.8) is 0 Å². The summed E-state index contributed by atoms with van der Waals surface area (Å²) in [6.07, 6.45) is 0.781. The van der Waals surface area contributed by atoms with Crippen LogP contribution in [-0.4, -0.2) is 22.1 Å². The normalized spacial score (nSPS) is 21.1. The Morgan fingerprint density at radius 1 is 1.50 bits per heavy atom. The number of hydrogen-bond donors (Lipinski definition) is 1. The maximum atomic E-state index is 11.5. The summed E-state index contributed by atoms with van der Waals surface area (Å²) in [5, 5.41) is 3.29. The summed E-state index contributed by atoms with van der Waals surface area (Å²) < 4.78 is 0. The second-order valence-electron chi connectivity index (χ2n) is 4.03. The number of thioether (sulfide) groups is 1. The van der Waals surface area contributed by atoms with Crippen LogP contribution in [0.25, 0.3) is 0 Å². The fraction of sp³-hybridized carbons (Fsp3) is 0.308. The molecule has 0 aliphatic carbocycles. The lowest BCUT2D eigenvalue weighted by Crippen LogP contribution is -2.24. The Morgan fingerprint density at radius 2 is 2.28 bits per heavy atom. The predicted molar refractivity (Wildman–Crippen MR) is 73.4 cm³/mol. The fourth-order valence-corrected chi connectivity index (χ4v) is 2.56. The maximum Gasteiger partial charge on any atom is 0.239 e. The number of hydrogen-bond acceptors (Lipinski definition) is 4. The van der Waals surface area contributed by atoms with Crippen molar-refractivity contribution in [2.75, 3.05) is 0 Å². The van der Waals surface area contributed by atoms with Crippen molar-refractivity contribution in [1.29, 1.82) is 0 Å². The van der Waals surface area contributed by atoms with Gasteiger partial charge < -0.3 is 5.32 Å². The molecular weight excluding hydrogens is 248 g/mol. The topological polar surface area (TPSA) is 58.5 Å². The summed E-state index contributed by atoms with van der Waals surface area (Å²) in [6.45, 7) is 3.49. The zero-order valence-corrected chi connectivity index (χ0v) is 11.1. The Hall–Kier alpha value is -1.62. The molecule has 18 heavy (non-hydrogen) atoms. The van der Waals surface area contributed by atoms with E-state index in [9.17, 15) is 9.59 Å². The second-order valence-corrected chi connectivity index (χ2v) is 5.22. The summed E-state index contributed by atoms with van der Waals surface area (Å²) in [5.41, 5.74) is 1.31. The lowest BCUT2D eigenvalue weighted by atomic mass is 10.1. The van der Waals surface area contributed by atoms with Crippen molar-refractivity contribution >= 4 is 34.3 Å². The highest BCUT2D eigenvalue weighted by atomic mass is 32.2. The Bertz CT molecular complexity index is 525. The molecule has 1 aliphatic rings. The average Bonchev–Trinajstić information content (AvgIpc) is 2.69. The largest absolute Gasteiger partial charge is 0.304 e. The third kappa shape index (κ3) is 2.79. The molecule has 0 radical (unpaired) electrons. The fourth-order valence-electron chi connectivity index (χ4n) is 1.64. The number of Topliss-reactive ketones (excluding diaryl/α,β-unsaturated/α-hetero) is 1. The highest BCUT2D eigenvalue weighted by Crippen LogP contribution is 2.25. The van der Waals surface area contributed by atoms with Crippen molar-refractivity contribution in [3.05, 3.63) is 29.8 Å². The number of amides is 1. The van der Waals surface area contributed by atoms with Gasteiger partial charge in [-0.25, -0.2) is 4.99 Å². The molecule has 0 saturated carbocycles. The van der Waals surface area contributed by atoms with Crippen molar-refractivity contribution in [2.24, 2.45) is 4.99 Å². The first-order valence-corrected chi connectivity index (χ1v) is 6.65. The molecule has 1 aromatic rings. The summed E-state index contributed by atoms with van der Waals surface area (Å²) in [5.74, 6) is 0.00979. The molecule has 0 bridgehead atoms. The number of ketones is 1. The molecule has 1 saturated heterocycles. The van der Waals surface area contributed by atoms with Crippen LogP contribution in [0.15, 0.2) is 29.3 Å². The first kappa shape index (κ1) is 12.8. The zero-order chi connectivity index (χ0) is 13.1. The van der Waals surface area contributed by atoms with Crippen LogP contribution in [0.4, 0.5) is 5.69 Å².